The van der Waals surface area contributed by atoms with Crippen molar-refractivity contribution in [1.82, 2.24) is 0 Å². The van der Waals surface area contributed by atoms with Gasteiger partial charge in [0.05, 0.1) is 50.8 Å². The maximum absolute atomic E-state index is 14.2. The van der Waals surface area contributed by atoms with Gasteiger partial charge in [-0.05, 0) is 71.9 Å². The van der Waals surface area contributed by atoms with E-state index in [1.807, 2.05) is 0 Å². The summed E-state index contributed by atoms with van der Waals surface area (Å²) in [5.74, 6) is -2.16. The van der Waals surface area contributed by atoms with Gasteiger partial charge in [-0.1, -0.05) is 24.3 Å². The molecule has 2 aromatic carbocycles. The van der Waals surface area contributed by atoms with Crippen molar-refractivity contribution < 1.29 is 50.0 Å². The second-order valence-corrected chi connectivity index (χ2v) is 12.0. The molecule has 5 nitrogen and oxygen atoms in total. The molecule has 11 heteroatoms. The van der Waals surface area contributed by atoms with E-state index in [9.17, 15) is 26.3 Å². The molecule has 43 heavy (non-hydrogen) atoms. The lowest BCUT2D eigenvalue weighted by Gasteiger charge is -2.37. The van der Waals surface area contributed by atoms with Gasteiger partial charge < -0.3 is 23.7 Å². The van der Waals surface area contributed by atoms with Crippen LogP contribution in [0.2, 0.25) is 0 Å². The molecule has 0 unspecified atom stereocenters. The van der Waals surface area contributed by atoms with E-state index in [4.69, 9.17) is 23.7 Å². The molecule has 0 aromatic heterocycles. The van der Waals surface area contributed by atoms with Gasteiger partial charge in [0.15, 0.2) is 11.6 Å². The topological polar surface area (TPSA) is 46.2 Å². The summed E-state index contributed by atoms with van der Waals surface area (Å²) in [5, 5.41) is 0. The zero-order chi connectivity index (χ0) is 30.3. The Morgan fingerprint density at radius 2 is 0.930 bits per heavy atom. The van der Waals surface area contributed by atoms with E-state index < -0.39 is 35.1 Å². The van der Waals surface area contributed by atoms with E-state index in [1.54, 1.807) is 12.1 Å². The summed E-state index contributed by atoms with van der Waals surface area (Å²) in [6, 6.07) is 8.13. The molecule has 2 spiro atoms. The Morgan fingerprint density at radius 1 is 0.581 bits per heavy atom. The first-order chi connectivity index (χ1) is 20.5. The lowest BCUT2D eigenvalue weighted by Crippen LogP contribution is -2.35. The first-order valence-electron chi connectivity index (χ1n) is 15.0. The number of alkyl halides is 6. The number of rotatable bonds is 6. The van der Waals surface area contributed by atoms with Gasteiger partial charge in [0.25, 0.3) is 0 Å². The van der Waals surface area contributed by atoms with E-state index in [0.717, 1.165) is 12.1 Å². The molecule has 4 aliphatic rings. The van der Waals surface area contributed by atoms with Crippen LogP contribution in [0.4, 0.5) is 26.3 Å². The van der Waals surface area contributed by atoms with Crippen molar-refractivity contribution in [2.45, 2.75) is 100 Å². The Balaban J connectivity index is 1.22. The van der Waals surface area contributed by atoms with Crippen LogP contribution in [-0.4, -0.2) is 38.0 Å². The molecule has 2 heterocycles. The number of halogens is 6. The molecule has 2 aromatic rings. The lowest BCUT2D eigenvalue weighted by molar-refractivity contribution is -0.179. The van der Waals surface area contributed by atoms with Crippen LogP contribution in [-0.2, 0) is 49.3 Å². The maximum Gasteiger partial charge on any atom is 0.416 e. The minimum absolute atomic E-state index is 0.154. The average Bonchev–Trinajstić information content (AvgIpc) is 3.63. The second-order valence-electron chi connectivity index (χ2n) is 12.0. The summed E-state index contributed by atoms with van der Waals surface area (Å²) in [6.07, 6.45) is -5.26. The third-order valence-corrected chi connectivity index (χ3v) is 9.46. The molecule has 2 aliphatic carbocycles. The zero-order valence-corrected chi connectivity index (χ0v) is 23.8. The number of hydrogen-bond acceptors (Lipinski definition) is 5. The smallest absolute Gasteiger partial charge is 0.372 e. The van der Waals surface area contributed by atoms with E-state index in [2.05, 4.69) is 0 Å². The number of hydrogen-bond donors (Lipinski definition) is 0. The van der Waals surface area contributed by atoms with Gasteiger partial charge in [0, 0.05) is 25.7 Å². The van der Waals surface area contributed by atoms with Crippen molar-refractivity contribution in [1.29, 1.82) is 0 Å². The van der Waals surface area contributed by atoms with Gasteiger partial charge in [0.2, 0.25) is 0 Å². The molecular weight excluding hydrogens is 578 g/mol. The van der Waals surface area contributed by atoms with Gasteiger partial charge in [-0.25, -0.2) is 0 Å². The largest absolute Gasteiger partial charge is 0.416 e. The summed E-state index contributed by atoms with van der Waals surface area (Å²) in [6.45, 7) is 1.60. The van der Waals surface area contributed by atoms with E-state index in [0.29, 0.717) is 88.9 Å². The lowest BCUT2D eigenvalue weighted by atomic mass is 9.77. The molecule has 0 atom stereocenters. The van der Waals surface area contributed by atoms with Crippen LogP contribution in [0.1, 0.15) is 96.6 Å². The monoisotopic (exact) mass is 614 g/mol. The highest BCUT2D eigenvalue weighted by atomic mass is 19.4. The standard InChI is InChI=1S/C32H36F6O5/c33-31(34,35)25-5-1-3-23(27(25)21-7-11-29(12-8-21)40-15-16-41-29)19-39-20-24-4-2-6-26(32(36,37)38)28(24)22-9-13-30(14-10-22)42-17-18-43-30/h1-6,21-22H,7-20H2. The molecule has 0 amide bonds. The van der Waals surface area contributed by atoms with Gasteiger partial charge in [-0.3, -0.25) is 0 Å². The van der Waals surface area contributed by atoms with Gasteiger partial charge >= 0.3 is 12.4 Å². The summed E-state index contributed by atoms with van der Waals surface area (Å²) < 4.78 is 114. The Morgan fingerprint density at radius 3 is 1.26 bits per heavy atom. The maximum atomic E-state index is 14.2. The van der Waals surface area contributed by atoms with Crippen molar-refractivity contribution in [2.24, 2.45) is 0 Å². The molecule has 0 radical (unpaired) electrons. The molecular formula is C32H36F6O5. The molecule has 2 saturated carbocycles. The van der Waals surface area contributed by atoms with E-state index in [1.165, 1.54) is 12.1 Å². The Kier molecular flexibility index (Phi) is 8.58. The first-order valence-corrected chi connectivity index (χ1v) is 15.0. The summed E-state index contributed by atoms with van der Waals surface area (Å²) in [7, 11) is 0. The van der Waals surface area contributed by atoms with Crippen LogP contribution in [0.5, 0.6) is 0 Å². The van der Waals surface area contributed by atoms with Crippen molar-refractivity contribution in [3.05, 3.63) is 69.8 Å². The summed E-state index contributed by atoms with van der Waals surface area (Å²) >= 11 is 0. The van der Waals surface area contributed by atoms with Crippen LogP contribution in [0.15, 0.2) is 36.4 Å². The predicted molar refractivity (Wildman–Crippen MR) is 143 cm³/mol. The highest BCUT2D eigenvalue weighted by Gasteiger charge is 2.45. The molecule has 0 N–H and O–H groups in total. The van der Waals surface area contributed by atoms with Crippen molar-refractivity contribution in [3.63, 3.8) is 0 Å². The molecule has 6 rings (SSSR count). The molecule has 2 aliphatic heterocycles. The van der Waals surface area contributed by atoms with Crippen LogP contribution < -0.4 is 0 Å². The van der Waals surface area contributed by atoms with Crippen LogP contribution in [0, 0.1) is 0 Å². The quantitative estimate of drug-likeness (QED) is 0.307. The fourth-order valence-corrected chi connectivity index (χ4v) is 7.47. The Bertz CT molecular complexity index is 1160. The van der Waals surface area contributed by atoms with Crippen molar-refractivity contribution in [3.8, 4) is 0 Å². The summed E-state index contributed by atoms with van der Waals surface area (Å²) in [5.41, 5.74) is -0.215. The van der Waals surface area contributed by atoms with Crippen LogP contribution in [0.3, 0.4) is 0 Å². The summed E-state index contributed by atoms with van der Waals surface area (Å²) in [4.78, 5) is 0. The number of ether oxygens (including phenoxy) is 5. The van der Waals surface area contributed by atoms with Crippen molar-refractivity contribution >= 4 is 0 Å². The Labute approximate surface area is 246 Å². The average molecular weight is 615 g/mol. The van der Waals surface area contributed by atoms with Gasteiger partial charge in [0.1, 0.15) is 0 Å². The van der Waals surface area contributed by atoms with E-state index >= 15 is 0 Å². The molecule has 2 saturated heterocycles. The second kappa shape index (κ2) is 12.0. The third kappa shape index (κ3) is 6.47. The van der Waals surface area contributed by atoms with Gasteiger partial charge in [-0.15, -0.1) is 0 Å². The molecule has 0 bridgehead atoms. The van der Waals surface area contributed by atoms with Crippen LogP contribution in [0.25, 0.3) is 0 Å². The van der Waals surface area contributed by atoms with E-state index in [-0.39, 0.29) is 36.2 Å². The highest BCUT2D eigenvalue weighted by molar-refractivity contribution is 5.41. The normalized spacial score (nSPS) is 24.3. The fraction of sp³-hybridized carbons (Fsp3) is 0.625. The minimum atomic E-state index is -4.56. The Hall–Kier alpha value is -2.18. The fourth-order valence-electron chi connectivity index (χ4n) is 7.47. The first kappa shape index (κ1) is 30.8. The third-order valence-electron chi connectivity index (χ3n) is 9.46. The van der Waals surface area contributed by atoms with Crippen LogP contribution >= 0.6 is 0 Å². The molecule has 4 fully saturated rings. The minimum Gasteiger partial charge on any atom is -0.372 e. The van der Waals surface area contributed by atoms with Crippen molar-refractivity contribution in [2.75, 3.05) is 26.4 Å². The molecule has 236 valence electrons. The zero-order valence-electron chi connectivity index (χ0n) is 23.8. The predicted octanol–water partition coefficient (Wildman–Crippen LogP) is 8.24. The number of benzene rings is 2. The SMILES string of the molecule is FC(F)(F)c1cccc(COCc2cccc(C(F)(F)F)c2C2CCC3(CC2)OCCO3)c1C1CCC2(CC1)OCCO2. The van der Waals surface area contributed by atoms with Gasteiger partial charge in [-0.2, -0.15) is 26.3 Å². The highest BCUT2D eigenvalue weighted by Crippen LogP contribution is 2.48.